The monoisotopic (exact) mass is 410 g/mol. The van der Waals surface area contributed by atoms with Crippen molar-refractivity contribution < 1.29 is 4.74 Å². The van der Waals surface area contributed by atoms with Crippen LogP contribution >= 0.6 is 0 Å². The highest BCUT2D eigenvalue weighted by Crippen LogP contribution is 2.29. The van der Waals surface area contributed by atoms with E-state index in [0.717, 1.165) is 54.7 Å². The Morgan fingerprint density at radius 2 is 1.26 bits per heavy atom. The fourth-order valence-electron chi connectivity index (χ4n) is 4.09. The largest absolute Gasteiger partial charge is 0.497 e. The minimum atomic E-state index is 0.850. The highest BCUT2D eigenvalue weighted by Gasteiger charge is 2.22. The molecule has 0 aliphatic carbocycles. The number of hydrogen-bond donors (Lipinski definition) is 0. The average molecular weight is 411 g/mol. The van der Waals surface area contributed by atoms with Crippen molar-refractivity contribution >= 4 is 11.5 Å². The van der Waals surface area contributed by atoms with E-state index >= 15 is 0 Å². The zero-order chi connectivity index (χ0) is 21.0. The third-order valence-electron chi connectivity index (χ3n) is 5.80. The van der Waals surface area contributed by atoms with Crippen molar-refractivity contribution in [1.29, 1.82) is 0 Å². The van der Waals surface area contributed by atoms with Gasteiger partial charge in [0.05, 0.1) is 18.5 Å². The number of methoxy groups -OCH3 is 1. The second-order valence-electron chi connectivity index (χ2n) is 7.67. The van der Waals surface area contributed by atoms with Crippen LogP contribution in [0.4, 0.5) is 11.5 Å². The van der Waals surface area contributed by atoms with Crippen molar-refractivity contribution in [1.82, 2.24) is 9.78 Å². The lowest BCUT2D eigenvalue weighted by Crippen LogP contribution is -2.47. The van der Waals surface area contributed by atoms with Crippen molar-refractivity contribution in [3.8, 4) is 22.7 Å². The Labute approximate surface area is 183 Å². The third-order valence-corrected chi connectivity index (χ3v) is 5.80. The normalized spacial score (nSPS) is 14.0. The van der Waals surface area contributed by atoms with E-state index in [1.165, 1.54) is 5.69 Å². The van der Waals surface area contributed by atoms with Gasteiger partial charge in [-0.3, -0.25) is 0 Å². The van der Waals surface area contributed by atoms with E-state index in [4.69, 9.17) is 9.84 Å². The molecule has 31 heavy (non-hydrogen) atoms. The Morgan fingerprint density at radius 3 is 1.87 bits per heavy atom. The summed E-state index contributed by atoms with van der Waals surface area (Å²) in [5, 5.41) is 4.98. The Bertz CT molecular complexity index is 1120. The molecule has 4 aromatic rings. The van der Waals surface area contributed by atoms with Crippen LogP contribution in [-0.2, 0) is 0 Å². The van der Waals surface area contributed by atoms with Gasteiger partial charge in [-0.1, -0.05) is 36.4 Å². The van der Waals surface area contributed by atoms with Crippen molar-refractivity contribution in [2.45, 2.75) is 0 Å². The van der Waals surface area contributed by atoms with Gasteiger partial charge >= 0.3 is 0 Å². The number of piperazine rings is 1. The summed E-state index contributed by atoms with van der Waals surface area (Å²) in [6, 6.07) is 31.3. The van der Waals surface area contributed by atoms with Gasteiger partial charge in [-0.15, -0.1) is 0 Å². The molecule has 156 valence electrons. The van der Waals surface area contributed by atoms with Crippen molar-refractivity contribution in [3.63, 3.8) is 0 Å². The van der Waals surface area contributed by atoms with E-state index < -0.39 is 0 Å². The number of anilines is 2. The molecule has 0 atom stereocenters. The van der Waals surface area contributed by atoms with Crippen LogP contribution in [0.5, 0.6) is 5.75 Å². The maximum atomic E-state index is 5.31. The maximum Gasteiger partial charge on any atom is 0.133 e. The summed E-state index contributed by atoms with van der Waals surface area (Å²) in [6.07, 6.45) is 0. The molecule has 1 fully saturated rings. The van der Waals surface area contributed by atoms with Gasteiger partial charge in [0.1, 0.15) is 11.6 Å². The maximum absolute atomic E-state index is 5.31. The van der Waals surface area contributed by atoms with Crippen molar-refractivity contribution in [2.75, 3.05) is 43.1 Å². The minimum absolute atomic E-state index is 0.850. The molecular formula is C26H26N4O. The summed E-state index contributed by atoms with van der Waals surface area (Å²) >= 11 is 0. The van der Waals surface area contributed by atoms with E-state index in [1.807, 2.05) is 18.2 Å². The number of para-hydroxylation sites is 2. The fraction of sp³-hybridized carbons (Fsp3) is 0.192. The first kappa shape index (κ1) is 19.2. The molecule has 5 heteroatoms. The van der Waals surface area contributed by atoms with Crippen LogP contribution in [0, 0.1) is 0 Å². The van der Waals surface area contributed by atoms with E-state index in [2.05, 4.69) is 87.3 Å². The Hall–Kier alpha value is -3.73. The Morgan fingerprint density at radius 1 is 0.677 bits per heavy atom. The van der Waals surface area contributed by atoms with Gasteiger partial charge in [-0.25, -0.2) is 4.68 Å². The molecule has 5 nitrogen and oxygen atoms in total. The molecule has 0 amide bonds. The van der Waals surface area contributed by atoms with Gasteiger partial charge in [0.15, 0.2) is 0 Å². The molecule has 0 bridgehead atoms. The predicted molar refractivity (Wildman–Crippen MR) is 126 cm³/mol. The lowest BCUT2D eigenvalue weighted by molar-refractivity contribution is 0.415. The number of benzene rings is 3. The van der Waals surface area contributed by atoms with E-state index in [0.29, 0.717) is 0 Å². The number of ether oxygens (including phenoxy) is 1. The smallest absolute Gasteiger partial charge is 0.133 e. The molecule has 5 rings (SSSR count). The molecule has 0 unspecified atom stereocenters. The van der Waals surface area contributed by atoms with Crippen molar-refractivity contribution in [3.05, 3.63) is 91.0 Å². The third kappa shape index (κ3) is 3.99. The molecule has 2 heterocycles. The summed E-state index contributed by atoms with van der Waals surface area (Å²) in [7, 11) is 1.69. The first-order valence-corrected chi connectivity index (χ1v) is 10.7. The predicted octanol–water partition coefficient (Wildman–Crippen LogP) is 4.87. The topological polar surface area (TPSA) is 33.5 Å². The standard InChI is InChI=1S/C26H26N4O/c1-31-24-14-12-21(13-15-24)25-20-26(30(27-25)23-10-6-3-7-11-23)29-18-16-28(17-19-29)22-8-4-2-5-9-22/h2-15,20H,16-19H2,1H3. The number of nitrogens with zero attached hydrogens (tertiary/aromatic N) is 4. The molecule has 0 saturated carbocycles. The zero-order valence-corrected chi connectivity index (χ0v) is 17.7. The molecule has 0 N–H and O–H groups in total. The molecule has 1 aliphatic heterocycles. The van der Waals surface area contributed by atoms with Gasteiger partial charge < -0.3 is 14.5 Å². The SMILES string of the molecule is COc1ccc(-c2cc(N3CCN(c4ccccc4)CC3)n(-c3ccccc3)n2)cc1. The van der Waals surface area contributed by atoms with Crippen molar-refractivity contribution in [2.24, 2.45) is 0 Å². The van der Waals surface area contributed by atoms with Crippen LogP contribution < -0.4 is 14.5 Å². The molecule has 0 radical (unpaired) electrons. The van der Waals surface area contributed by atoms with Gasteiger partial charge in [0.25, 0.3) is 0 Å². The van der Waals surface area contributed by atoms with Crippen LogP contribution in [-0.4, -0.2) is 43.1 Å². The summed E-state index contributed by atoms with van der Waals surface area (Å²) in [5.74, 6) is 1.98. The first-order valence-electron chi connectivity index (χ1n) is 10.7. The lowest BCUT2D eigenvalue weighted by atomic mass is 10.1. The number of aromatic nitrogens is 2. The summed E-state index contributed by atoms with van der Waals surface area (Å²) in [5.41, 5.74) is 4.41. The highest BCUT2D eigenvalue weighted by atomic mass is 16.5. The Balaban J connectivity index is 1.45. The first-order chi connectivity index (χ1) is 15.3. The summed E-state index contributed by atoms with van der Waals surface area (Å²) in [4.78, 5) is 4.89. The van der Waals surface area contributed by atoms with Gasteiger partial charge in [0.2, 0.25) is 0 Å². The van der Waals surface area contributed by atoms with E-state index in [1.54, 1.807) is 7.11 Å². The fourth-order valence-corrected chi connectivity index (χ4v) is 4.09. The van der Waals surface area contributed by atoms with Crippen LogP contribution in [0.1, 0.15) is 0 Å². The van der Waals surface area contributed by atoms with Gasteiger partial charge in [-0.2, -0.15) is 5.10 Å². The second kappa shape index (κ2) is 8.56. The van der Waals surface area contributed by atoms with Gasteiger partial charge in [0, 0.05) is 43.5 Å². The lowest BCUT2D eigenvalue weighted by Gasteiger charge is -2.37. The van der Waals surface area contributed by atoms with Gasteiger partial charge in [-0.05, 0) is 48.5 Å². The zero-order valence-electron chi connectivity index (χ0n) is 17.7. The van der Waals surface area contributed by atoms with Crippen LogP contribution in [0.3, 0.4) is 0 Å². The molecular weight excluding hydrogens is 384 g/mol. The van der Waals surface area contributed by atoms with Crippen LogP contribution in [0.25, 0.3) is 16.9 Å². The number of hydrogen-bond acceptors (Lipinski definition) is 4. The second-order valence-corrected chi connectivity index (χ2v) is 7.67. The molecule has 1 saturated heterocycles. The molecule has 1 aromatic heterocycles. The average Bonchev–Trinajstić information content (AvgIpc) is 3.31. The van der Waals surface area contributed by atoms with Crippen LogP contribution in [0.15, 0.2) is 91.0 Å². The number of rotatable bonds is 5. The van der Waals surface area contributed by atoms with E-state index in [-0.39, 0.29) is 0 Å². The summed E-state index contributed by atoms with van der Waals surface area (Å²) < 4.78 is 7.37. The molecule has 1 aliphatic rings. The molecule has 3 aromatic carbocycles. The molecule has 0 spiro atoms. The van der Waals surface area contributed by atoms with Crippen LogP contribution in [0.2, 0.25) is 0 Å². The quantitative estimate of drug-likeness (QED) is 0.470. The Kier molecular flexibility index (Phi) is 5.31. The summed E-state index contributed by atoms with van der Waals surface area (Å²) in [6.45, 7) is 3.88. The van der Waals surface area contributed by atoms with E-state index in [9.17, 15) is 0 Å². The minimum Gasteiger partial charge on any atom is -0.497 e. The highest BCUT2D eigenvalue weighted by molar-refractivity contribution is 5.66.